The van der Waals surface area contributed by atoms with Crippen LogP contribution in [0, 0.1) is 6.92 Å². The van der Waals surface area contributed by atoms with Gasteiger partial charge in [0.25, 0.3) is 0 Å². The molecule has 0 unspecified atom stereocenters. The Morgan fingerprint density at radius 2 is 2.00 bits per heavy atom. The third-order valence-electron chi connectivity index (χ3n) is 3.65. The number of rotatable bonds is 6. The van der Waals surface area contributed by atoms with Gasteiger partial charge in [-0.05, 0) is 31.4 Å². The lowest BCUT2D eigenvalue weighted by Gasteiger charge is -2.14. The molecule has 0 saturated carbocycles. The van der Waals surface area contributed by atoms with Crippen molar-refractivity contribution in [3.8, 4) is 0 Å². The van der Waals surface area contributed by atoms with Crippen molar-refractivity contribution >= 4 is 17.7 Å². The van der Waals surface area contributed by atoms with Crippen molar-refractivity contribution in [3.05, 3.63) is 41.2 Å². The SMILES string of the molecule is CCc1ccc([C@@H](C)NC(=O)CSc2nnc(C)n2C)cc1. The van der Waals surface area contributed by atoms with Crippen molar-refractivity contribution in [1.82, 2.24) is 20.1 Å². The Hall–Kier alpha value is -1.82. The monoisotopic (exact) mass is 318 g/mol. The van der Waals surface area contributed by atoms with Crippen LogP contribution in [0.5, 0.6) is 0 Å². The predicted octanol–water partition coefficient (Wildman–Crippen LogP) is 2.66. The molecule has 0 aliphatic rings. The van der Waals surface area contributed by atoms with E-state index in [-0.39, 0.29) is 11.9 Å². The van der Waals surface area contributed by atoms with Crippen LogP contribution in [0.15, 0.2) is 29.4 Å². The molecule has 1 aromatic heterocycles. The maximum atomic E-state index is 12.1. The molecule has 118 valence electrons. The van der Waals surface area contributed by atoms with Crippen molar-refractivity contribution in [1.29, 1.82) is 0 Å². The number of carbonyl (C=O) groups is 1. The Balaban J connectivity index is 1.86. The average Bonchev–Trinajstić information content (AvgIpc) is 2.84. The second-order valence-electron chi connectivity index (χ2n) is 5.26. The number of aryl methyl sites for hydroxylation is 2. The molecular formula is C16H22N4OS. The maximum Gasteiger partial charge on any atom is 0.230 e. The van der Waals surface area contributed by atoms with Gasteiger partial charge in [-0.3, -0.25) is 4.79 Å². The minimum absolute atomic E-state index is 0.000221. The average molecular weight is 318 g/mol. The summed E-state index contributed by atoms with van der Waals surface area (Å²) in [5.74, 6) is 1.17. The highest BCUT2D eigenvalue weighted by molar-refractivity contribution is 7.99. The van der Waals surface area contributed by atoms with Crippen molar-refractivity contribution < 1.29 is 4.79 Å². The molecule has 0 aliphatic heterocycles. The summed E-state index contributed by atoms with van der Waals surface area (Å²) in [7, 11) is 1.90. The molecule has 0 spiro atoms. The van der Waals surface area contributed by atoms with Gasteiger partial charge in [0.1, 0.15) is 5.82 Å². The summed E-state index contributed by atoms with van der Waals surface area (Å²) in [6.07, 6.45) is 1.02. The fraction of sp³-hybridized carbons (Fsp3) is 0.438. The first-order chi connectivity index (χ1) is 10.5. The lowest BCUT2D eigenvalue weighted by Crippen LogP contribution is -2.28. The normalized spacial score (nSPS) is 12.2. The summed E-state index contributed by atoms with van der Waals surface area (Å²) in [5, 5.41) is 11.8. The van der Waals surface area contributed by atoms with Gasteiger partial charge in [-0.2, -0.15) is 0 Å². The van der Waals surface area contributed by atoms with Gasteiger partial charge >= 0.3 is 0 Å². The van der Waals surface area contributed by atoms with E-state index in [4.69, 9.17) is 0 Å². The Bertz CT molecular complexity index is 636. The molecule has 1 aromatic carbocycles. The second kappa shape index (κ2) is 7.45. The Morgan fingerprint density at radius 1 is 1.32 bits per heavy atom. The lowest BCUT2D eigenvalue weighted by molar-refractivity contribution is -0.119. The highest BCUT2D eigenvalue weighted by atomic mass is 32.2. The van der Waals surface area contributed by atoms with Gasteiger partial charge < -0.3 is 9.88 Å². The van der Waals surface area contributed by atoms with E-state index in [2.05, 4.69) is 46.7 Å². The number of amides is 1. The summed E-state index contributed by atoms with van der Waals surface area (Å²) in [6.45, 7) is 6.01. The van der Waals surface area contributed by atoms with Crippen LogP contribution < -0.4 is 5.32 Å². The standard InChI is InChI=1S/C16H22N4OS/c1-5-13-6-8-14(9-7-13)11(2)17-15(21)10-22-16-19-18-12(3)20(16)4/h6-9,11H,5,10H2,1-4H3,(H,17,21)/t11-/m1/s1. The van der Waals surface area contributed by atoms with E-state index >= 15 is 0 Å². The van der Waals surface area contributed by atoms with E-state index in [1.165, 1.54) is 17.3 Å². The first-order valence-corrected chi connectivity index (χ1v) is 8.36. The first kappa shape index (κ1) is 16.5. The van der Waals surface area contributed by atoms with Crippen LogP contribution in [0.3, 0.4) is 0 Å². The number of hydrogen-bond donors (Lipinski definition) is 1. The van der Waals surface area contributed by atoms with Crippen LogP contribution >= 0.6 is 11.8 Å². The van der Waals surface area contributed by atoms with Gasteiger partial charge in [0.15, 0.2) is 5.16 Å². The number of nitrogens with zero attached hydrogens (tertiary/aromatic N) is 3. The van der Waals surface area contributed by atoms with Gasteiger partial charge in [-0.15, -0.1) is 10.2 Å². The Labute approximate surface area is 135 Å². The molecule has 22 heavy (non-hydrogen) atoms. The van der Waals surface area contributed by atoms with E-state index in [9.17, 15) is 4.79 Å². The number of carbonyl (C=O) groups excluding carboxylic acids is 1. The summed E-state index contributed by atoms with van der Waals surface area (Å²) >= 11 is 1.40. The molecule has 6 heteroatoms. The highest BCUT2D eigenvalue weighted by Crippen LogP contribution is 2.17. The molecule has 1 atom stereocenters. The fourth-order valence-electron chi connectivity index (χ4n) is 2.05. The Morgan fingerprint density at radius 3 is 2.55 bits per heavy atom. The van der Waals surface area contributed by atoms with E-state index in [1.54, 1.807) is 0 Å². The van der Waals surface area contributed by atoms with Crippen molar-refractivity contribution in [2.75, 3.05) is 5.75 Å². The first-order valence-electron chi connectivity index (χ1n) is 7.38. The minimum Gasteiger partial charge on any atom is -0.349 e. The van der Waals surface area contributed by atoms with Crippen LogP contribution in [0.25, 0.3) is 0 Å². The molecule has 0 bridgehead atoms. The van der Waals surface area contributed by atoms with Gasteiger partial charge in [0, 0.05) is 7.05 Å². The highest BCUT2D eigenvalue weighted by Gasteiger charge is 2.12. The smallest absolute Gasteiger partial charge is 0.230 e. The molecule has 1 heterocycles. The molecule has 1 amide bonds. The number of thioether (sulfide) groups is 1. The van der Waals surface area contributed by atoms with Crippen LogP contribution in [0.4, 0.5) is 0 Å². The summed E-state index contributed by atoms with van der Waals surface area (Å²) in [4.78, 5) is 12.1. The van der Waals surface area contributed by atoms with Crippen molar-refractivity contribution in [2.45, 2.75) is 38.4 Å². The summed E-state index contributed by atoms with van der Waals surface area (Å²) in [6, 6.07) is 8.36. The van der Waals surface area contributed by atoms with Crippen LogP contribution in [-0.2, 0) is 18.3 Å². The molecular weight excluding hydrogens is 296 g/mol. The van der Waals surface area contributed by atoms with E-state index in [1.807, 2.05) is 25.5 Å². The molecule has 0 fully saturated rings. The zero-order valence-corrected chi connectivity index (χ0v) is 14.3. The third-order valence-corrected chi connectivity index (χ3v) is 4.67. The molecule has 1 N–H and O–H groups in total. The lowest BCUT2D eigenvalue weighted by atomic mass is 10.1. The van der Waals surface area contributed by atoms with E-state index < -0.39 is 0 Å². The molecule has 0 aliphatic carbocycles. The van der Waals surface area contributed by atoms with Crippen LogP contribution in [-0.4, -0.2) is 26.4 Å². The van der Waals surface area contributed by atoms with Gasteiger partial charge in [-0.1, -0.05) is 43.0 Å². The number of nitrogens with one attached hydrogen (secondary N) is 1. The molecule has 2 rings (SSSR count). The van der Waals surface area contributed by atoms with Crippen LogP contribution in [0.1, 0.15) is 36.8 Å². The summed E-state index contributed by atoms with van der Waals surface area (Å²) < 4.78 is 1.88. The minimum atomic E-state index is -0.00211. The Kier molecular flexibility index (Phi) is 5.60. The maximum absolute atomic E-state index is 12.1. The largest absolute Gasteiger partial charge is 0.349 e. The molecule has 2 aromatic rings. The van der Waals surface area contributed by atoms with Crippen molar-refractivity contribution in [3.63, 3.8) is 0 Å². The fourth-order valence-corrected chi connectivity index (χ4v) is 2.82. The molecule has 0 saturated heterocycles. The van der Waals surface area contributed by atoms with Gasteiger partial charge in [0.2, 0.25) is 5.91 Å². The number of benzene rings is 1. The molecule has 5 nitrogen and oxygen atoms in total. The molecule has 0 radical (unpaired) electrons. The van der Waals surface area contributed by atoms with Gasteiger partial charge in [-0.25, -0.2) is 0 Å². The number of hydrogen-bond acceptors (Lipinski definition) is 4. The van der Waals surface area contributed by atoms with Crippen LogP contribution in [0.2, 0.25) is 0 Å². The zero-order valence-electron chi connectivity index (χ0n) is 13.5. The van der Waals surface area contributed by atoms with E-state index in [0.29, 0.717) is 5.75 Å². The van der Waals surface area contributed by atoms with Gasteiger partial charge in [0.05, 0.1) is 11.8 Å². The van der Waals surface area contributed by atoms with Crippen molar-refractivity contribution in [2.24, 2.45) is 7.05 Å². The quantitative estimate of drug-likeness (QED) is 0.832. The predicted molar refractivity (Wildman–Crippen MR) is 88.8 cm³/mol. The third kappa shape index (κ3) is 4.10. The second-order valence-corrected chi connectivity index (χ2v) is 6.20. The topological polar surface area (TPSA) is 59.8 Å². The van der Waals surface area contributed by atoms with E-state index in [0.717, 1.165) is 23.0 Å². The summed E-state index contributed by atoms with van der Waals surface area (Å²) in [5.41, 5.74) is 2.42. The zero-order chi connectivity index (χ0) is 16.1. The number of aromatic nitrogens is 3.